The Balaban J connectivity index is 2.71. The van der Waals surface area contributed by atoms with Crippen molar-refractivity contribution in [1.82, 2.24) is 0 Å². The first-order valence-electron chi connectivity index (χ1n) is 4.99. The topological polar surface area (TPSA) is 63.6 Å². The fourth-order valence-electron chi connectivity index (χ4n) is 1.43. The van der Waals surface area contributed by atoms with Gasteiger partial charge in [0.15, 0.2) is 0 Å². The van der Waals surface area contributed by atoms with Crippen molar-refractivity contribution < 1.29 is 19.4 Å². The van der Waals surface area contributed by atoms with Gasteiger partial charge in [0.1, 0.15) is 0 Å². The molecule has 0 saturated carbocycles. The van der Waals surface area contributed by atoms with Gasteiger partial charge in [-0.2, -0.15) is 0 Å². The van der Waals surface area contributed by atoms with Gasteiger partial charge in [-0.15, -0.1) is 0 Å². The van der Waals surface area contributed by atoms with Crippen molar-refractivity contribution in [1.29, 1.82) is 0 Å². The second-order valence-corrected chi connectivity index (χ2v) is 3.51. The minimum Gasteiger partial charge on any atom is -0.481 e. The molecule has 4 nitrogen and oxygen atoms in total. The molecule has 0 aliphatic carbocycles. The third kappa shape index (κ3) is 4.13. The maximum absolute atomic E-state index is 10.7. The summed E-state index contributed by atoms with van der Waals surface area (Å²) in [6.07, 6.45) is -0.0444. The molecule has 0 heterocycles. The van der Waals surface area contributed by atoms with Gasteiger partial charge >= 0.3 is 11.9 Å². The zero-order chi connectivity index (χ0) is 12.0. The van der Waals surface area contributed by atoms with Gasteiger partial charge in [0.2, 0.25) is 0 Å². The van der Waals surface area contributed by atoms with Crippen LogP contribution in [0.3, 0.4) is 0 Å². The third-order valence-corrected chi connectivity index (χ3v) is 2.18. The second kappa shape index (κ2) is 5.90. The van der Waals surface area contributed by atoms with Gasteiger partial charge in [-0.3, -0.25) is 9.59 Å². The number of esters is 1. The number of rotatable bonds is 5. The molecule has 1 atom stereocenters. The highest BCUT2D eigenvalue weighted by Gasteiger charge is 2.16. The molecule has 1 aromatic carbocycles. The highest BCUT2D eigenvalue weighted by molar-refractivity contribution is 5.68. The van der Waals surface area contributed by atoms with Crippen molar-refractivity contribution in [3.63, 3.8) is 0 Å². The van der Waals surface area contributed by atoms with E-state index >= 15 is 0 Å². The molecule has 4 heteroatoms. The van der Waals surface area contributed by atoms with Crippen LogP contribution in [0.5, 0.6) is 0 Å². The number of carboxylic acids is 1. The molecule has 16 heavy (non-hydrogen) atoms. The summed E-state index contributed by atoms with van der Waals surface area (Å²) in [5, 5.41) is 8.77. The fourth-order valence-corrected chi connectivity index (χ4v) is 1.43. The molecule has 0 aliphatic heterocycles. The van der Waals surface area contributed by atoms with Crippen LogP contribution in [0.2, 0.25) is 0 Å². The summed E-state index contributed by atoms with van der Waals surface area (Å²) < 4.78 is 4.86. The number of carbonyl (C=O) groups is 2. The van der Waals surface area contributed by atoms with E-state index in [0.717, 1.165) is 5.56 Å². The van der Waals surface area contributed by atoms with Crippen LogP contribution in [0.25, 0.3) is 0 Å². The number of benzene rings is 1. The molecule has 0 fully saturated rings. The molecule has 1 aromatic rings. The quantitative estimate of drug-likeness (QED) is 0.772. The molecule has 86 valence electrons. The summed E-state index contributed by atoms with van der Waals surface area (Å²) in [6, 6.07) is 9.18. The van der Waals surface area contributed by atoms with E-state index in [1.165, 1.54) is 6.92 Å². The maximum atomic E-state index is 10.7. The number of hydrogen-bond donors (Lipinski definition) is 1. The van der Waals surface area contributed by atoms with Gasteiger partial charge in [-0.25, -0.2) is 0 Å². The van der Waals surface area contributed by atoms with Crippen molar-refractivity contribution in [2.75, 3.05) is 6.61 Å². The number of aliphatic carboxylic acids is 1. The van der Waals surface area contributed by atoms with Crippen LogP contribution in [-0.2, 0) is 14.3 Å². The minimum absolute atomic E-state index is 0.0444. The average molecular weight is 222 g/mol. The molecule has 0 amide bonds. The van der Waals surface area contributed by atoms with Crippen LogP contribution >= 0.6 is 0 Å². The summed E-state index contributed by atoms with van der Waals surface area (Å²) in [5.74, 6) is -1.59. The van der Waals surface area contributed by atoms with Gasteiger partial charge in [-0.1, -0.05) is 30.3 Å². The van der Waals surface area contributed by atoms with Crippen LogP contribution < -0.4 is 0 Å². The average Bonchev–Trinajstić information content (AvgIpc) is 2.25. The molecule has 0 aromatic heterocycles. The van der Waals surface area contributed by atoms with E-state index < -0.39 is 11.9 Å². The molecule has 0 spiro atoms. The van der Waals surface area contributed by atoms with Crippen molar-refractivity contribution >= 4 is 11.9 Å². The Kier molecular flexibility index (Phi) is 4.51. The second-order valence-electron chi connectivity index (χ2n) is 3.51. The van der Waals surface area contributed by atoms with Gasteiger partial charge < -0.3 is 9.84 Å². The Morgan fingerprint density at radius 1 is 1.31 bits per heavy atom. The summed E-state index contributed by atoms with van der Waals surface area (Å²) in [4.78, 5) is 21.4. The first-order chi connectivity index (χ1) is 7.59. The monoisotopic (exact) mass is 222 g/mol. The van der Waals surface area contributed by atoms with Gasteiger partial charge in [-0.05, 0) is 5.56 Å². The number of ether oxygens (including phenoxy) is 1. The Hall–Kier alpha value is -1.84. The summed E-state index contributed by atoms with van der Waals surface area (Å²) in [5.41, 5.74) is 0.867. The first kappa shape index (κ1) is 12.2. The first-order valence-corrected chi connectivity index (χ1v) is 4.99. The number of hydrogen-bond acceptors (Lipinski definition) is 3. The number of carboxylic acid groups (broad SMARTS) is 1. The van der Waals surface area contributed by atoms with E-state index in [9.17, 15) is 9.59 Å². The lowest BCUT2D eigenvalue weighted by Crippen LogP contribution is -2.14. The summed E-state index contributed by atoms with van der Waals surface area (Å²) >= 11 is 0. The van der Waals surface area contributed by atoms with Gasteiger partial charge in [0, 0.05) is 12.8 Å². The Morgan fingerprint density at radius 2 is 1.94 bits per heavy atom. The van der Waals surface area contributed by atoms with Gasteiger partial charge in [0.05, 0.1) is 13.0 Å². The van der Waals surface area contributed by atoms with Crippen molar-refractivity contribution in [2.45, 2.75) is 19.3 Å². The highest BCUT2D eigenvalue weighted by atomic mass is 16.5. The Labute approximate surface area is 93.9 Å². The molecule has 0 saturated heterocycles. The van der Waals surface area contributed by atoms with E-state index in [1.807, 2.05) is 30.3 Å². The molecule has 0 unspecified atom stereocenters. The number of carbonyl (C=O) groups excluding carboxylic acids is 1. The zero-order valence-corrected chi connectivity index (χ0v) is 9.05. The third-order valence-electron chi connectivity index (χ3n) is 2.18. The van der Waals surface area contributed by atoms with Crippen LogP contribution in [0.1, 0.15) is 24.8 Å². The summed E-state index contributed by atoms with van der Waals surface area (Å²) in [7, 11) is 0. The van der Waals surface area contributed by atoms with Crippen LogP contribution in [0.15, 0.2) is 30.3 Å². The standard InChI is InChI=1S/C12H14O4/c1-9(13)16-8-11(7-12(14)15)10-5-3-2-4-6-10/h2-6,11H,7-8H2,1H3,(H,14,15)/t11-/m0/s1. The predicted octanol–water partition coefficient (Wildman–Crippen LogP) is 1.81. The smallest absolute Gasteiger partial charge is 0.304 e. The minimum atomic E-state index is -0.902. The largest absolute Gasteiger partial charge is 0.481 e. The van der Waals surface area contributed by atoms with Crippen molar-refractivity contribution in [2.24, 2.45) is 0 Å². The van der Waals surface area contributed by atoms with Crippen molar-refractivity contribution in [3.05, 3.63) is 35.9 Å². The maximum Gasteiger partial charge on any atom is 0.304 e. The molecular weight excluding hydrogens is 208 g/mol. The molecule has 0 radical (unpaired) electrons. The van der Waals surface area contributed by atoms with Crippen LogP contribution in [0, 0.1) is 0 Å². The summed E-state index contributed by atoms with van der Waals surface area (Å²) in [6.45, 7) is 1.41. The van der Waals surface area contributed by atoms with Gasteiger partial charge in [0.25, 0.3) is 0 Å². The van der Waals surface area contributed by atoms with Crippen LogP contribution in [-0.4, -0.2) is 23.7 Å². The molecule has 1 rings (SSSR count). The molecular formula is C12H14O4. The van der Waals surface area contributed by atoms with E-state index in [1.54, 1.807) is 0 Å². The van der Waals surface area contributed by atoms with E-state index in [0.29, 0.717) is 0 Å². The SMILES string of the molecule is CC(=O)OC[C@H](CC(=O)O)c1ccccc1. The molecule has 0 aliphatic rings. The van der Waals surface area contributed by atoms with E-state index in [4.69, 9.17) is 9.84 Å². The normalized spacial score (nSPS) is 11.8. The fraction of sp³-hybridized carbons (Fsp3) is 0.333. The molecule has 0 bridgehead atoms. The Bertz CT molecular complexity index is 359. The Morgan fingerprint density at radius 3 is 2.44 bits per heavy atom. The zero-order valence-electron chi connectivity index (χ0n) is 9.05. The van der Waals surface area contributed by atoms with Crippen molar-refractivity contribution in [3.8, 4) is 0 Å². The van der Waals surface area contributed by atoms with E-state index in [2.05, 4.69) is 0 Å². The molecule has 1 N–H and O–H groups in total. The highest BCUT2D eigenvalue weighted by Crippen LogP contribution is 2.19. The predicted molar refractivity (Wildman–Crippen MR) is 58.1 cm³/mol. The van der Waals surface area contributed by atoms with E-state index in [-0.39, 0.29) is 18.9 Å². The van der Waals surface area contributed by atoms with Crippen LogP contribution in [0.4, 0.5) is 0 Å². The lowest BCUT2D eigenvalue weighted by Gasteiger charge is -2.14. The lowest BCUT2D eigenvalue weighted by atomic mass is 9.97. The lowest BCUT2D eigenvalue weighted by molar-refractivity contribution is -0.144.